The van der Waals surface area contributed by atoms with Crippen LogP contribution in [0.2, 0.25) is 0 Å². The van der Waals surface area contributed by atoms with Gasteiger partial charge in [-0.05, 0) is 78.8 Å². The van der Waals surface area contributed by atoms with Crippen molar-refractivity contribution in [3.63, 3.8) is 0 Å². The number of likely N-dealkylation sites (N-methyl/N-ethyl adjacent to an activating group) is 2. The van der Waals surface area contributed by atoms with Crippen LogP contribution in [0.15, 0.2) is 30.3 Å². The summed E-state index contributed by atoms with van der Waals surface area (Å²) in [5.41, 5.74) is -2.58. The molecule has 0 spiro atoms. The first-order valence-electron chi connectivity index (χ1n) is 19.8. The summed E-state index contributed by atoms with van der Waals surface area (Å²) in [5.74, 6) is -3.74. The molecule has 1 aromatic carbocycles. The van der Waals surface area contributed by atoms with Crippen LogP contribution in [0.1, 0.15) is 99.5 Å². The number of benzene rings is 1. The number of aliphatic hydroxyl groups excluding tert-OH is 3. The highest BCUT2D eigenvalue weighted by Crippen LogP contribution is 2.37. The number of hydrogen-bond acceptors (Lipinski definition) is 13. The van der Waals surface area contributed by atoms with Gasteiger partial charge in [-0.25, -0.2) is 0 Å². The Labute approximate surface area is 327 Å². The maximum Gasteiger partial charge on any atom is 0.311 e. The fourth-order valence-corrected chi connectivity index (χ4v) is 8.16. The van der Waals surface area contributed by atoms with E-state index >= 15 is 0 Å². The second kappa shape index (κ2) is 20.1. The monoisotopic (exact) mass is 780 g/mol. The van der Waals surface area contributed by atoms with E-state index in [1.54, 1.807) is 48.7 Å². The number of nitrogens with zero attached hydrogens (tertiary/aromatic N) is 2. The third kappa shape index (κ3) is 12.2. The summed E-state index contributed by atoms with van der Waals surface area (Å²) in [6.07, 6.45) is -7.09. The summed E-state index contributed by atoms with van der Waals surface area (Å²) < 4.78 is 23.6. The molecular weight excluding hydrogens is 712 g/mol. The highest BCUT2D eigenvalue weighted by atomic mass is 16.7. The van der Waals surface area contributed by atoms with Crippen molar-refractivity contribution in [2.45, 2.75) is 167 Å². The third-order valence-corrected chi connectivity index (χ3v) is 11.7. The highest BCUT2D eigenvalue weighted by Gasteiger charge is 2.50. The molecule has 2 heterocycles. The minimum atomic E-state index is -1.81. The molecule has 314 valence electrons. The van der Waals surface area contributed by atoms with Crippen molar-refractivity contribution in [1.29, 1.82) is 0 Å². The molecule has 3 rings (SSSR count). The topological polar surface area (TPSA) is 196 Å². The fraction of sp³-hybridized carbons (Fsp3) is 0.780. The van der Waals surface area contributed by atoms with E-state index in [0.717, 1.165) is 5.56 Å². The van der Waals surface area contributed by atoms with Crippen molar-refractivity contribution in [3.05, 3.63) is 35.9 Å². The summed E-state index contributed by atoms with van der Waals surface area (Å²) in [4.78, 5) is 42.4. The quantitative estimate of drug-likeness (QED) is 0.218. The first kappa shape index (κ1) is 46.7. The lowest BCUT2D eigenvalue weighted by molar-refractivity contribution is -0.299. The zero-order chi connectivity index (χ0) is 41.4. The Hall–Kier alpha value is -2.69. The molecule has 2 aliphatic rings. The first-order valence-corrected chi connectivity index (χ1v) is 19.8. The van der Waals surface area contributed by atoms with Crippen molar-refractivity contribution >= 4 is 17.8 Å². The Balaban J connectivity index is 1.80. The number of carbonyl (C=O) groups is 3. The van der Waals surface area contributed by atoms with Gasteiger partial charge >= 0.3 is 11.9 Å². The molecule has 0 bridgehead atoms. The molecule has 2 fully saturated rings. The summed E-state index contributed by atoms with van der Waals surface area (Å²) in [6.45, 7) is 13.9. The second-order valence-corrected chi connectivity index (χ2v) is 16.7. The van der Waals surface area contributed by atoms with E-state index in [1.807, 2.05) is 42.2 Å². The van der Waals surface area contributed by atoms with E-state index in [4.69, 9.17) is 18.9 Å². The van der Waals surface area contributed by atoms with Gasteiger partial charge in [-0.3, -0.25) is 14.4 Å². The largest absolute Gasteiger partial charge is 0.461 e. The molecule has 1 aromatic rings. The maximum atomic E-state index is 13.5. The van der Waals surface area contributed by atoms with Gasteiger partial charge in [-0.2, -0.15) is 0 Å². The summed E-state index contributed by atoms with van der Waals surface area (Å²) in [6, 6.07) is 8.01. The van der Waals surface area contributed by atoms with Gasteiger partial charge in [0.25, 0.3) is 0 Å². The summed E-state index contributed by atoms with van der Waals surface area (Å²) >= 11 is 0. The lowest BCUT2D eigenvalue weighted by Gasteiger charge is -2.47. The molecule has 0 unspecified atom stereocenters. The van der Waals surface area contributed by atoms with Gasteiger partial charge < -0.3 is 54.3 Å². The Kier molecular flexibility index (Phi) is 17.1. The minimum Gasteiger partial charge on any atom is -0.461 e. The van der Waals surface area contributed by atoms with Gasteiger partial charge in [0, 0.05) is 38.4 Å². The third-order valence-electron chi connectivity index (χ3n) is 11.7. The van der Waals surface area contributed by atoms with Crippen LogP contribution in [0.5, 0.6) is 0 Å². The fourth-order valence-electron chi connectivity index (χ4n) is 8.16. The molecule has 0 aliphatic carbocycles. The molecular formula is C41H68N2O12. The summed E-state index contributed by atoms with van der Waals surface area (Å²) in [7, 11) is 3.38. The zero-order valence-electron chi connectivity index (χ0n) is 34.5. The molecule has 55 heavy (non-hydrogen) atoms. The highest BCUT2D eigenvalue weighted by molar-refractivity contribution is 5.77. The number of rotatable bonds is 10. The summed E-state index contributed by atoms with van der Waals surface area (Å²) in [5, 5.41) is 58.2. The molecule has 14 nitrogen and oxygen atoms in total. The van der Waals surface area contributed by atoms with Crippen LogP contribution in [0.25, 0.3) is 0 Å². The second-order valence-electron chi connectivity index (χ2n) is 16.7. The van der Waals surface area contributed by atoms with E-state index in [9.17, 15) is 39.9 Å². The van der Waals surface area contributed by atoms with Gasteiger partial charge in [0.15, 0.2) is 6.29 Å². The van der Waals surface area contributed by atoms with Gasteiger partial charge in [0.05, 0.1) is 35.9 Å². The molecule has 2 aliphatic heterocycles. The van der Waals surface area contributed by atoms with Gasteiger partial charge in [-0.15, -0.1) is 0 Å². The Morgan fingerprint density at radius 3 is 2.25 bits per heavy atom. The van der Waals surface area contributed by atoms with Gasteiger partial charge in [-0.1, -0.05) is 51.1 Å². The standard InChI is InChI=1S/C41H68N2O12/c1-11-31-41(8,51)36(48)28(6)42(9)22-24(2)21-40(7,50)37(26(4)34(46)27(5)38(49)54-31)55-39-35(47)30(20-25(3)53-39)43(10)32(44)18-15-19-33(45)52-23-29-16-13-12-14-17-29/h12-14,16-17,24-28,30-31,34-37,39,46-48,50-51H,11,15,18-23H2,1-10H3/t24-,25-,26+,27-,28-,30+,31-,34+,35-,36-,37-,39+,40-,41-/m1/s1. The minimum absolute atomic E-state index is 0.0474. The van der Waals surface area contributed by atoms with E-state index in [1.165, 1.54) is 18.7 Å². The average Bonchev–Trinajstić information content (AvgIpc) is 3.13. The van der Waals surface area contributed by atoms with E-state index < -0.39 is 90.0 Å². The molecule has 0 saturated carbocycles. The van der Waals surface area contributed by atoms with Crippen LogP contribution in [0.3, 0.4) is 0 Å². The predicted octanol–water partition coefficient (Wildman–Crippen LogP) is 2.79. The molecule has 5 N–H and O–H groups in total. The van der Waals surface area contributed by atoms with Crippen LogP contribution >= 0.6 is 0 Å². The van der Waals surface area contributed by atoms with Crippen LogP contribution in [0, 0.1) is 17.8 Å². The van der Waals surface area contributed by atoms with E-state index in [0.29, 0.717) is 13.0 Å². The Morgan fingerprint density at radius 1 is 1.00 bits per heavy atom. The average molecular weight is 781 g/mol. The van der Waals surface area contributed by atoms with Crippen molar-refractivity contribution in [2.75, 3.05) is 20.6 Å². The molecule has 1 amide bonds. The number of carbonyl (C=O) groups excluding carboxylic acids is 3. The van der Waals surface area contributed by atoms with Crippen molar-refractivity contribution in [3.8, 4) is 0 Å². The number of esters is 2. The number of amides is 1. The lowest BCUT2D eigenvalue weighted by Crippen LogP contribution is -2.60. The number of aliphatic hydroxyl groups is 5. The van der Waals surface area contributed by atoms with Crippen LogP contribution in [0.4, 0.5) is 0 Å². The SMILES string of the molecule is CC[C@H]1OC(=O)[C@H](C)[C@@H](O)[C@H](C)[C@@H](O[C@@H]2O[C@H](C)C[C@H](N(C)C(=O)CCCC(=O)OCc3ccccc3)[C@H]2O)[C@](C)(O)C[C@@H](C)CN(C)[C@H](C)[C@@H](O)[C@]1(C)O. The van der Waals surface area contributed by atoms with Crippen LogP contribution in [-0.4, -0.2) is 140 Å². The van der Waals surface area contributed by atoms with Gasteiger partial charge in [0.2, 0.25) is 5.91 Å². The number of ether oxygens (including phenoxy) is 4. The van der Waals surface area contributed by atoms with E-state index in [2.05, 4.69) is 0 Å². The molecule has 14 atom stereocenters. The van der Waals surface area contributed by atoms with Crippen molar-refractivity contribution in [1.82, 2.24) is 9.80 Å². The number of cyclic esters (lactones) is 1. The molecule has 0 radical (unpaired) electrons. The number of hydrogen-bond donors (Lipinski definition) is 5. The Bertz CT molecular complexity index is 1380. The first-order chi connectivity index (χ1) is 25.6. The van der Waals surface area contributed by atoms with Crippen LogP contribution < -0.4 is 0 Å². The van der Waals surface area contributed by atoms with E-state index in [-0.39, 0.29) is 50.5 Å². The Morgan fingerprint density at radius 2 is 1.64 bits per heavy atom. The van der Waals surface area contributed by atoms with Crippen LogP contribution in [-0.2, 0) is 39.9 Å². The molecule has 0 aromatic heterocycles. The lowest BCUT2D eigenvalue weighted by atomic mass is 9.78. The normalized spacial score (nSPS) is 38.6. The van der Waals surface area contributed by atoms with Crippen molar-refractivity contribution in [2.24, 2.45) is 17.8 Å². The zero-order valence-corrected chi connectivity index (χ0v) is 34.5. The predicted molar refractivity (Wildman–Crippen MR) is 204 cm³/mol. The molecule has 14 heteroatoms. The smallest absolute Gasteiger partial charge is 0.311 e. The maximum absolute atomic E-state index is 13.5. The molecule has 2 saturated heterocycles. The van der Waals surface area contributed by atoms with Gasteiger partial charge in [0.1, 0.15) is 30.5 Å². The van der Waals surface area contributed by atoms with Crippen molar-refractivity contribution < 1.29 is 58.9 Å².